The van der Waals surface area contributed by atoms with Crippen molar-refractivity contribution < 1.29 is 9.59 Å². The molecule has 2 N–H and O–H groups in total. The molecule has 0 saturated carbocycles. The van der Waals surface area contributed by atoms with Gasteiger partial charge in [-0.05, 0) is 30.3 Å². The molecule has 0 unspecified atom stereocenters. The largest absolute Gasteiger partial charge is 0.340 e. The predicted octanol–water partition coefficient (Wildman–Crippen LogP) is 2.23. The van der Waals surface area contributed by atoms with Crippen molar-refractivity contribution in [3.63, 3.8) is 0 Å². The van der Waals surface area contributed by atoms with Crippen molar-refractivity contribution in [3.8, 4) is 6.07 Å². The first-order valence-electron chi connectivity index (χ1n) is 5.91. The molecule has 21 heavy (non-hydrogen) atoms. The molecule has 0 radical (unpaired) electrons. The molecule has 0 bridgehead atoms. The molecule has 0 fully saturated rings. The summed E-state index contributed by atoms with van der Waals surface area (Å²) in [5, 5.41) is 14.2. The smallest absolute Gasteiger partial charge is 0.259 e. The van der Waals surface area contributed by atoms with Crippen LogP contribution in [0.4, 0.5) is 11.5 Å². The number of imide groups is 1. The fourth-order valence-corrected chi connectivity index (χ4v) is 2.23. The Hall–Kier alpha value is -2.91. The van der Waals surface area contributed by atoms with E-state index in [-0.39, 0.29) is 5.15 Å². The summed E-state index contributed by atoms with van der Waals surface area (Å²) in [4.78, 5) is 27.1. The summed E-state index contributed by atoms with van der Waals surface area (Å²) < 4.78 is 0. The standard InChI is InChI=1S/C14H7ClN4O2/c15-11-3-7(6-16)4-12(18-11)17-8-1-2-9-10(5-8)14(21)19-13(9)20/h1-5H,(H,17,18)(H,19,20,21). The fraction of sp³-hybridized carbons (Fsp3) is 0. The van der Waals surface area contributed by atoms with Crippen molar-refractivity contribution in [2.45, 2.75) is 0 Å². The highest BCUT2D eigenvalue weighted by atomic mass is 35.5. The average Bonchev–Trinajstić information content (AvgIpc) is 2.73. The molecule has 2 heterocycles. The molecule has 0 atom stereocenters. The highest BCUT2D eigenvalue weighted by molar-refractivity contribution is 6.29. The molecule has 102 valence electrons. The number of nitrogens with zero attached hydrogens (tertiary/aromatic N) is 2. The van der Waals surface area contributed by atoms with E-state index in [1.54, 1.807) is 18.2 Å². The zero-order valence-electron chi connectivity index (χ0n) is 10.5. The number of carbonyl (C=O) groups is 2. The summed E-state index contributed by atoms with van der Waals surface area (Å²) in [5.41, 5.74) is 1.57. The topological polar surface area (TPSA) is 94.9 Å². The molecule has 0 saturated heterocycles. The summed E-state index contributed by atoms with van der Waals surface area (Å²) in [6, 6.07) is 9.69. The van der Waals surface area contributed by atoms with Gasteiger partial charge in [-0.1, -0.05) is 11.6 Å². The molecule has 0 spiro atoms. The van der Waals surface area contributed by atoms with E-state index in [9.17, 15) is 9.59 Å². The van der Waals surface area contributed by atoms with Crippen LogP contribution in [0, 0.1) is 11.3 Å². The lowest BCUT2D eigenvalue weighted by molar-refractivity contribution is 0.0879. The van der Waals surface area contributed by atoms with Crippen molar-refractivity contribution in [3.05, 3.63) is 52.2 Å². The molecule has 1 aliphatic heterocycles. The third-order valence-corrected chi connectivity index (χ3v) is 3.13. The van der Waals surface area contributed by atoms with E-state index in [0.717, 1.165) is 0 Å². The SMILES string of the molecule is N#Cc1cc(Cl)nc(Nc2ccc3c(c2)C(=O)NC3=O)c1. The van der Waals surface area contributed by atoms with Crippen LogP contribution in [0.1, 0.15) is 26.3 Å². The van der Waals surface area contributed by atoms with Crippen LogP contribution in [-0.2, 0) is 0 Å². The van der Waals surface area contributed by atoms with E-state index >= 15 is 0 Å². The van der Waals surface area contributed by atoms with Gasteiger partial charge < -0.3 is 5.32 Å². The van der Waals surface area contributed by atoms with Gasteiger partial charge in [0, 0.05) is 5.69 Å². The van der Waals surface area contributed by atoms with Gasteiger partial charge in [-0.2, -0.15) is 5.26 Å². The lowest BCUT2D eigenvalue weighted by Gasteiger charge is -2.07. The number of carbonyl (C=O) groups excluding carboxylic acids is 2. The monoisotopic (exact) mass is 298 g/mol. The van der Waals surface area contributed by atoms with Crippen LogP contribution in [0.25, 0.3) is 0 Å². The summed E-state index contributed by atoms with van der Waals surface area (Å²) >= 11 is 5.82. The number of aromatic nitrogens is 1. The van der Waals surface area contributed by atoms with E-state index in [0.29, 0.717) is 28.2 Å². The Balaban J connectivity index is 1.95. The molecular weight excluding hydrogens is 292 g/mol. The number of benzene rings is 1. The molecule has 1 aromatic heterocycles. The first-order chi connectivity index (χ1) is 10.1. The minimum absolute atomic E-state index is 0.186. The zero-order valence-corrected chi connectivity index (χ0v) is 11.2. The number of anilines is 2. The van der Waals surface area contributed by atoms with Gasteiger partial charge in [-0.15, -0.1) is 0 Å². The highest BCUT2D eigenvalue weighted by Gasteiger charge is 2.26. The van der Waals surface area contributed by atoms with Crippen LogP contribution in [0.5, 0.6) is 0 Å². The molecule has 2 aromatic rings. The summed E-state index contributed by atoms with van der Waals surface area (Å²) in [6.45, 7) is 0. The Kier molecular flexibility index (Phi) is 3.05. The fourth-order valence-electron chi connectivity index (χ4n) is 2.02. The third kappa shape index (κ3) is 2.42. The molecule has 6 nitrogen and oxygen atoms in total. The van der Waals surface area contributed by atoms with E-state index in [1.807, 2.05) is 6.07 Å². The number of halogens is 1. The first-order valence-corrected chi connectivity index (χ1v) is 6.29. The summed E-state index contributed by atoms with van der Waals surface area (Å²) in [5.74, 6) is -0.464. The maximum Gasteiger partial charge on any atom is 0.259 e. The molecule has 0 aliphatic carbocycles. The number of nitriles is 1. The van der Waals surface area contributed by atoms with Crippen LogP contribution in [0.15, 0.2) is 30.3 Å². The Morgan fingerprint density at radius 1 is 1.14 bits per heavy atom. The second-order valence-electron chi connectivity index (χ2n) is 4.34. The van der Waals surface area contributed by atoms with Crippen LogP contribution < -0.4 is 10.6 Å². The number of pyridine rings is 1. The van der Waals surface area contributed by atoms with Crippen LogP contribution in [0.3, 0.4) is 0 Å². The number of fused-ring (bicyclic) bond motifs is 1. The number of hydrogen-bond donors (Lipinski definition) is 2. The Morgan fingerprint density at radius 2 is 1.90 bits per heavy atom. The van der Waals surface area contributed by atoms with Crippen molar-refractivity contribution in [2.75, 3.05) is 5.32 Å². The Bertz CT molecular complexity index is 826. The Labute approximate surface area is 124 Å². The van der Waals surface area contributed by atoms with E-state index in [4.69, 9.17) is 16.9 Å². The Morgan fingerprint density at radius 3 is 2.67 bits per heavy atom. The van der Waals surface area contributed by atoms with Crippen molar-refractivity contribution in [2.24, 2.45) is 0 Å². The van der Waals surface area contributed by atoms with Gasteiger partial charge in [0.15, 0.2) is 0 Å². The lowest BCUT2D eigenvalue weighted by atomic mass is 10.1. The number of hydrogen-bond acceptors (Lipinski definition) is 5. The quantitative estimate of drug-likeness (QED) is 0.655. The number of nitrogens with one attached hydrogen (secondary N) is 2. The maximum atomic E-state index is 11.6. The molecular formula is C14H7ClN4O2. The number of amides is 2. The van der Waals surface area contributed by atoms with Gasteiger partial charge in [0.25, 0.3) is 11.8 Å². The van der Waals surface area contributed by atoms with Crippen molar-refractivity contribution >= 4 is 34.9 Å². The van der Waals surface area contributed by atoms with Gasteiger partial charge in [-0.3, -0.25) is 14.9 Å². The van der Waals surface area contributed by atoms with Gasteiger partial charge in [0.05, 0.1) is 22.8 Å². The minimum Gasteiger partial charge on any atom is -0.340 e. The maximum absolute atomic E-state index is 11.6. The predicted molar refractivity (Wildman–Crippen MR) is 75.5 cm³/mol. The van der Waals surface area contributed by atoms with Gasteiger partial charge in [0.2, 0.25) is 0 Å². The molecule has 7 heteroatoms. The van der Waals surface area contributed by atoms with Gasteiger partial charge in [-0.25, -0.2) is 4.98 Å². The first kappa shape index (κ1) is 13.1. The van der Waals surface area contributed by atoms with Crippen molar-refractivity contribution in [1.29, 1.82) is 5.26 Å². The molecule has 1 aliphatic rings. The van der Waals surface area contributed by atoms with Crippen LogP contribution in [0.2, 0.25) is 5.15 Å². The zero-order chi connectivity index (χ0) is 15.0. The number of rotatable bonds is 2. The molecule has 1 aromatic carbocycles. The van der Waals surface area contributed by atoms with E-state index < -0.39 is 11.8 Å². The van der Waals surface area contributed by atoms with E-state index in [1.165, 1.54) is 12.1 Å². The summed E-state index contributed by atoms with van der Waals surface area (Å²) in [7, 11) is 0. The van der Waals surface area contributed by atoms with Crippen molar-refractivity contribution in [1.82, 2.24) is 10.3 Å². The van der Waals surface area contributed by atoms with Crippen LogP contribution >= 0.6 is 11.6 Å². The van der Waals surface area contributed by atoms with Crippen LogP contribution in [-0.4, -0.2) is 16.8 Å². The highest BCUT2D eigenvalue weighted by Crippen LogP contribution is 2.23. The van der Waals surface area contributed by atoms with Gasteiger partial charge in [0.1, 0.15) is 11.0 Å². The normalized spacial score (nSPS) is 12.6. The molecule has 2 amide bonds. The lowest BCUT2D eigenvalue weighted by Crippen LogP contribution is -2.19. The minimum atomic E-state index is -0.435. The second-order valence-corrected chi connectivity index (χ2v) is 4.73. The molecule has 3 rings (SSSR count). The average molecular weight is 299 g/mol. The third-order valence-electron chi connectivity index (χ3n) is 2.93. The van der Waals surface area contributed by atoms with E-state index in [2.05, 4.69) is 15.6 Å². The second kappa shape index (κ2) is 4.89. The summed E-state index contributed by atoms with van der Waals surface area (Å²) in [6.07, 6.45) is 0. The van der Waals surface area contributed by atoms with Gasteiger partial charge >= 0.3 is 0 Å².